The Morgan fingerprint density at radius 2 is 1.77 bits per heavy atom. The van der Waals surface area contributed by atoms with Crippen LogP contribution in [0.4, 0.5) is 16.2 Å². The number of carbonyl (C=O) groups is 3. The minimum absolute atomic E-state index is 0.129. The lowest BCUT2D eigenvalue weighted by molar-refractivity contribution is -0.155. The molecule has 17 nitrogen and oxygen atoms in total. The minimum atomic E-state index is -1.69. The number of esters is 1. The molecule has 1 saturated carbocycles. The van der Waals surface area contributed by atoms with E-state index in [1.165, 1.54) is 17.9 Å². The summed E-state index contributed by atoms with van der Waals surface area (Å²) in [5, 5.41) is 5.38. The Hall–Kier alpha value is -4.11. The fraction of sp³-hybridized carbons (Fsp3) is 0.692. The number of fused-ring (bicyclic) bond motifs is 6. The number of amides is 2. The number of nitrogens with one attached hydrogen (secondary N) is 3. The third kappa shape index (κ3) is 12.5. The lowest BCUT2D eigenvalue weighted by atomic mass is 9.84. The highest BCUT2D eigenvalue weighted by Gasteiger charge is 2.45. The largest absolute Gasteiger partial charge is 0.464 e. The van der Waals surface area contributed by atoms with Crippen molar-refractivity contribution in [1.82, 2.24) is 34.9 Å². The van der Waals surface area contributed by atoms with Crippen LogP contribution in [0, 0.1) is 5.41 Å². The van der Waals surface area contributed by atoms with Crippen LogP contribution < -0.4 is 25.3 Å². The number of hydrazine groups is 1. The third-order valence-corrected chi connectivity index (χ3v) is 18.1. The molecule has 5 aliphatic rings. The van der Waals surface area contributed by atoms with Crippen molar-refractivity contribution in [3.05, 3.63) is 41.7 Å². The molecule has 1 aromatic carbocycles. The number of pyridine rings is 1. The predicted octanol–water partition coefficient (Wildman–Crippen LogP) is 6.39. The van der Waals surface area contributed by atoms with Crippen molar-refractivity contribution in [2.45, 2.75) is 154 Å². The van der Waals surface area contributed by atoms with Gasteiger partial charge in [-0.3, -0.25) is 24.5 Å². The predicted molar refractivity (Wildman–Crippen MR) is 283 cm³/mol. The molecule has 2 aromatic heterocycles. The van der Waals surface area contributed by atoms with E-state index in [1.54, 1.807) is 7.11 Å². The molecule has 1 aliphatic carbocycles. The molecule has 392 valence electrons. The Labute approximate surface area is 425 Å². The Balaban J connectivity index is 1.25. The molecule has 8 rings (SSSR count). The van der Waals surface area contributed by atoms with Gasteiger partial charge in [-0.05, 0) is 103 Å². The van der Waals surface area contributed by atoms with Crippen molar-refractivity contribution < 1.29 is 37.5 Å². The summed E-state index contributed by atoms with van der Waals surface area (Å²) in [5.41, 5.74) is 9.84. The van der Waals surface area contributed by atoms with E-state index in [0.29, 0.717) is 45.5 Å². The first-order valence-electron chi connectivity index (χ1n) is 26.0. The first kappa shape index (κ1) is 53.2. The first-order chi connectivity index (χ1) is 33.6. The quantitative estimate of drug-likeness (QED) is 0.135. The van der Waals surface area contributed by atoms with Crippen molar-refractivity contribution in [2.24, 2.45) is 5.41 Å². The van der Waals surface area contributed by atoms with Gasteiger partial charge < -0.3 is 38.6 Å². The minimum Gasteiger partial charge on any atom is -0.464 e. The van der Waals surface area contributed by atoms with Gasteiger partial charge in [0.2, 0.25) is 0 Å². The van der Waals surface area contributed by atoms with Crippen molar-refractivity contribution in [3.8, 4) is 11.3 Å². The Bertz CT molecular complexity index is 2430. The molecule has 3 N–H and O–H groups in total. The van der Waals surface area contributed by atoms with E-state index >= 15 is 4.79 Å². The average Bonchev–Trinajstić information content (AvgIpc) is 4.15. The number of cyclic esters (lactones) is 1. The highest BCUT2D eigenvalue weighted by Crippen LogP contribution is 2.43. The van der Waals surface area contributed by atoms with Crippen LogP contribution in [0.5, 0.6) is 0 Å². The second kappa shape index (κ2) is 21.8. The molecule has 2 amide bonds. The van der Waals surface area contributed by atoms with Gasteiger partial charge in [0.25, 0.3) is 5.91 Å². The van der Waals surface area contributed by atoms with Crippen LogP contribution >= 0.6 is 0 Å². The number of aromatic nitrogens is 2. The smallest absolute Gasteiger partial charge is 0.407 e. The van der Waals surface area contributed by atoms with Crippen molar-refractivity contribution >= 4 is 59.3 Å². The Kier molecular flexibility index (Phi) is 16.3. The van der Waals surface area contributed by atoms with Crippen LogP contribution in [0.25, 0.3) is 22.2 Å². The van der Waals surface area contributed by atoms with Gasteiger partial charge in [0, 0.05) is 101 Å². The van der Waals surface area contributed by atoms with Gasteiger partial charge in [0.05, 0.1) is 77.1 Å². The number of anilines is 2. The summed E-state index contributed by atoms with van der Waals surface area (Å²) in [5.74, 6) is -0.967. The molecular weight excluding hydrogens is 939 g/mol. The lowest BCUT2D eigenvalue weighted by Gasteiger charge is -2.43. The molecule has 0 unspecified atom stereocenters. The van der Waals surface area contributed by atoms with Gasteiger partial charge in [-0.1, -0.05) is 33.5 Å². The highest BCUT2D eigenvalue weighted by atomic mass is 32.2. The summed E-state index contributed by atoms with van der Waals surface area (Å²) in [7, 11) is -1.52. The SMILES string of the molecule is CCn1c(-c2cc(N3CCN(C4CC4)CC3)cnc2[C@H](C)OC)c2c3cc(ccc31)N1CCO[C@H](C1)[C@@H](N[S@@](=O)C(C)(C)C)[C@H](NC(=O)OCC[Si](C)(C)C)C(=O)N1CCC[C@H](N1)C(=O)OCC(C)(C)C2. The second-order valence-corrected chi connectivity index (χ2v) is 30.9. The van der Waals surface area contributed by atoms with E-state index in [2.05, 4.69) is 99.4 Å². The molecule has 19 heteroatoms. The maximum Gasteiger partial charge on any atom is 0.407 e. The molecule has 3 aromatic rings. The summed E-state index contributed by atoms with van der Waals surface area (Å²) in [6.07, 6.45) is 4.38. The van der Waals surface area contributed by atoms with Crippen LogP contribution in [0.1, 0.15) is 91.5 Å². The number of rotatable bonds is 12. The summed E-state index contributed by atoms with van der Waals surface area (Å²) in [4.78, 5) is 55.5. The van der Waals surface area contributed by atoms with Crippen LogP contribution in [0.3, 0.4) is 0 Å². The number of ether oxygens (including phenoxy) is 4. The van der Waals surface area contributed by atoms with E-state index < -0.39 is 71.4 Å². The molecule has 4 aliphatic heterocycles. The topological polar surface area (TPSA) is 172 Å². The Morgan fingerprint density at radius 1 is 1.03 bits per heavy atom. The molecular formula is C52H81N9O8SSi. The van der Waals surface area contributed by atoms with Gasteiger partial charge >= 0.3 is 12.1 Å². The van der Waals surface area contributed by atoms with E-state index in [0.717, 1.165) is 83.1 Å². The maximum absolute atomic E-state index is 15.0. The summed E-state index contributed by atoms with van der Waals surface area (Å²) in [6.45, 7) is 27.1. The normalized spacial score (nSPS) is 24.9. The molecule has 6 atom stereocenters. The zero-order valence-electron chi connectivity index (χ0n) is 44.2. The van der Waals surface area contributed by atoms with Gasteiger partial charge in [-0.15, -0.1) is 0 Å². The maximum atomic E-state index is 15.0. The summed E-state index contributed by atoms with van der Waals surface area (Å²) in [6, 6.07) is 7.30. The second-order valence-electron chi connectivity index (χ2n) is 23.2. The number of carbonyl (C=O) groups excluding carboxylic acids is 3. The standard InChI is InChI=1S/C52H81N9O8SSi/c1-12-60-42-18-17-36-28-38(42)40(47(60)39-29-37(31-53-44(39)34(2)66-8)58-22-20-57(21-23-58)35-15-16-35)30-52(6,7)33-69-49(63)41-14-13-19-61(55-41)48(62)46(54-50(64)68-26-27-71(9,10)11)45(56-70(65)51(3,4)5)43-32-59(36)24-25-67-43/h17-18,28-29,31,34-35,41,43,45-46,55-56H,12-16,19-27,30,32-33H2,1-11H3,(H,54,64)/t34-,41-,43+,45+,46-,70-/m0/s1. The molecule has 6 bridgehead atoms. The van der Waals surface area contributed by atoms with Crippen LogP contribution in [-0.2, 0) is 52.5 Å². The number of piperazine rings is 1. The van der Waals surface area contributed by atoms with Gasteiger partial charge in [0.1, 0.15) is 12.1 Å². The van der Waals surface area contributed by atoms with Gasteiger partial charge in [-0.2, -0.15) is 0 Å². The summed E-state index contributed by atoms with van der Waals surface area (Å²) >= 11 is 0. The van der Waals surface area contributed by atoms with E-state index in [-0.39, 0.29) is 25.9 Å². The number of benzene rings is 1. The first-order valence-corrected chi connectivity index (χ1v) is 30.9. The van der Waals surface area contributed by atoms with Crippen LogP contribution in [0.2, 0.25) is 25.7 Å². The monoisotopic (exact) mass is 1020 g/mol. The molecule has 4 fully saturated rings. The van der Waals surface area contributed by atoms with E-state index in [4.69, 9.17) is 23.9 Å². The molecule has 6 heterocycles. The van der Waals surface area contributed by atoms with Crippen LogP contribution in [0.15, 0.2) is 30.5 Å². The highest BCUT2D eigenvalue weighted by molar-refractivity contribution is 7.84. The van der Waals surface area contributed by atoms with Crippen molar-refractivity contribution in [2.75, 3.05) is 82.5 Å². The zero-order chi connectivity index (χ0) is 51.0. The van der Waals surface area contributed by atoms with Gasteiger partial charge in [-0.25, -0.2) is 19.2 Å². The fourth-order valence-electron chi connectivity index (χ4n) is 10.4. The molecule has 0 radical (unpaired) electrons. The average molecular weight is 1020 g/mol. The number of alkyl carbamates (subject to hydrolysis) is 1. The van der Waals surface area contributed by atoms with Crippen LogP contribution in [-0.4, -0.2) is 157 Å². The zero-order valence-corrected chi connectivity index (χ0v) is 46.0. The number of methoxy groups -OCH3 is 1. The number of hydrogen-bond donors (Lipinski definition) is 3. The van der Waals surface area contributed by atoms with Crippen molar-refractivity contribution in [1.29, 1.82) is 0 Å². The number of nitrogens with zero attached hydrogens (tertiary/aromatic N) is 6. The number of morpholine rings is 1. The summed E-state index contributed by atoms with van der Waals surface area (Å²) < 4.78 is 43.7. The molecule has 71 heavy (non-hydrogen) atoms. The fourth-order valence-corrected chi connectivity index (χ4v) is 12.0. The number of hydrogen-bond acceptors (Lipinski definition) is 13. The van der Waals surface area contributed by atoms with E-state index in [1.807, 2.05) is 33.9 Å². The Morgan fingerprint density at radius 3 is 2.45 bits per heavy atom. The third-order valence-electron chi connectivity index (χ3n) is 14.7. The van der Waals surface area contributed by atoms with E-state index in [9.17, 15) is 13.8 Å². The number of aryl methyl sites for hydroxylation is 1. The lowest BCUT2D eigenvalue weighted by Crippen LogP contribution is -2.68. The molecule has 0 spiro atoms. The van der Waals surface area contributed by atoms with Crippen molar-refractivity contribution in [3.63, 3.8) is 0 Å². The van der Waals surface area contributed by atoms with Gasteiger partial charge in [0.15, 0.2) is 0 Å². The molecule has 3 saturated heterocycles.